The Hall–Kier alpha value is -2.57. The monoisotopic (exact) mass is 360 g/mol. The molecule has 1 aromatic carbocycles. The molecule has 1 atom stereocenters. The molecule has 0 aliphatic carbocycles. The SMILES string of the molecule is CC(C)[C@H](NC(=O)CCNC(=O)OC(C)(C)C)c1nc2ccccc2[nH]1. The number of fused-ring (bicyclic) bond motifs is 1. The number of aromatic nitrogens is 2. The van der Waals surface area contributed by atoms with Crippen LogP contribution in [0, 0.1) is 5.92 Å². The summed E-state index contributed by atoms with van der Waals surface area (Å²) >= 11 is 0. The van der Waals surface area contributed by atoms with Crippen LogP contribution in [0.2, 0.25) is 0 Å². The number of aromatic amines is 1. The summed E-state index contributed by atoms with van der Waals surface area (Å²) in [6.07, 6.45) is -0.356. The van der Waals surface area contributed by atoms with Gasteiger partial charge in [-0.3, -0.25) is 4.79 Å². The predicted molar refractivity (Wildman–Crippen MR) is 101 cm³/mol. The number of imidazole rings is 1. The minimum Gasteiger partial charge on any atom is -0.444 e. The largest absolute Gasteiger partial charge is 0.444 e. The highest BCUT2D eigenvalue weighted by atomic mass is 16.6. The molecule has 26 heavy (non-hydrogen) atoms. The highest BCUT2D eigenvalue weighted by molar-refractivity contribution is 5.78. The average molecular weight is 360 g/mol. The molecule has 0 unspecified atom stereocenters. The number of carbonyl (C=O) groups is 2. The second-order valence-corrected chi connectivity index (χ2v) is 7.61. The Balaban J connectivity index is 1.91. The summed E-state index contributed by atoms with van der Waals surface area (Å²) in [4.78, 5) is 31.7. The molecule has 2 amide bonds. The molecule has 0 aliphatic rings. The summed E-state index contributed by atoms with van der Waals surface area (Å²) < 4.78 is 5.15. The summed E-state index contributed by atoms with van der Waals surface area (Å²) in [7, 11) is 0. The van der Waals surface area contributed by atoms with Gasteiger partial charge in [0.15, 0.2) is 0 Å². The first-order valence-electron chi connectivity index (χ1n) is 8.86. The van der Waals surface area contributed by atoms with Crippen LogP contribution in [0.4, 0.5) is 4.79 Å². The van der Waals surface area contributed by atoms with Gasteiger partial charge in [-0.25, -0.2) is 9.78 Å². The number of nitrogens with zero attached hydrogens (tertiary/aromatic N) is 1. The van der Waals surface area contributed by atoms with Crippen molar-refractivity contribution >= 4 is 23.0 Å². The van der Waals surface area contributed by atoms with E-state index in [4.69, 9.17) is 4.74 Å². The van der Waals surface area contributed by atoms with E-state index in [0.717, 1.165) is 16.9 Å². The lowest BCUT2D eigenvalue weighted by atomic mass is 10.0. The molecule has 3 N–H and O–H groups in total. The highest BCUT2D eigenvalue weighted by Gasteiger charge is 2.22. The Morgan fingerprint density at radius 2 is 1.92 bits per heavy atom. The average Bonchev–Trinajstić information content (AvgIpc) is 2.94. The topological polar surface area (TPSA) is 96.1 Å². The maximum atomic E-state index is 12.3. The molecule has 0 saturated heterocycles. The van der Waals surface area contributed by atoms with Crippen LogP contribution in [0.3, 0.4) is 0 Å². The number of nitrogens with one attached hydrogen (secondary N) is 3. The van der Waals surface area contributed by atoms with E-state index < -0.39 is 11.7 Å². The van der Waals surface area contributed by atoms with Crippen molar-refractivity contribution in [2.24, 2.45) is 5.92 Å². The first kappa shape index (κ1) is 19.8. The molecule has 142 valence electrons. The number of alkyl carbamates (subject to hydrolysis) is 1. The number of benzene rings is 1. The molecule has 0 spiro atoms. The van der Waals surface area contributed by atoms with Crippen LogP contribution < -0.4 is 10.6 Å². The molecule has 0 aliphatic heterocycles. The third-order valence-corrected chi connectivity index (χ3v) is 3.71. The van der Waals surface area contributed by atoms with Gasteiger partial charge < -0.3 is 20.4 Å². The van der Waals surface area contributed by atoms with Crippen LogP contribution in [-0.4, -0.2) is 34.1 Å². The van der Waals surface area contributed by atoms with E-state index in [1.54, 1.807) is 20.8 Å². The first-order chi connectivity index (χ1) is 12.2. The van der Waals surface area contributed by atoms with Gasteiger partial charge in [0.2, 0.25) is 5.91 Å². The number of H-pyrrole nitrogens is 1. The molecule has 0 fully saturated rings. The number of hydrogen-bond acceptors (Lipinski definition) is 4. The van der Waals surface area contributed by atoms with Crippen molar-refractivity contribution in [3.63, 3.8) is 0 Å². The predicted octanol–water partition coefficient (Wildman–Crippen LogP) is 3.29. The van der Waals surface area contributed by atoms with Crippen molar-refractivity contribution in [2.45, 2.75) is 52.7 Å². The van der Waals surface area contributed by atoms with Crippen molar-refractivity contribution in [1.82, 2.24) is 20.6 Å². The fourth-order valence-corrected chi connectivity index (χ4v) is 2.51. The molecule has 0 radical (unpaired) electrons. The number of carbonyl (C=O) groups excluding carboxylic acids is 2. The number of para-hydroxylation sites is 2. The molecular formula is C19H28N4O3. The Labute approximate surface area is 153 Å². The van der Waals surface area contributed by atoms with Crippen molar-refractivity contribution in [3.8, 4) is 0 Å². The second-order valence-electron chi connectivity index (χ2n) is 7.61. The zero-order valence-corrected chi connectivity index (χ0v) is 16.1. The van der Waals surface area contributed by atoms with Crippen molar-refractivity contribution in [3.05, 3.63) is 30.1 Å². The van der Waals surface area contributed by atoms with Gasteiger partial charge in [0, 0.05) is 13.0 Å². The normalized spacial score (nSPS) is 12.8. The van der Waals surface area contributed by atoms with Crippen LogP contribution in [0.15, 0.2) is 24.3 Å². The van der Waals surface area contributed by atoms with E-state index in [1.807, 2.05) is 38.1 Å². The van der Waals surface area contributed by atoms with Gasteiger partial charge in [-0.2, -0.15) is 0 Å². The summed E-state index contributed by atoms with van der Waals surface area (Å²) in [6, 6.07) is 7.53. The minimum absolute atomic E-state index is 0.153. The van der Waals surface area contributed by atoms with Crippen molar-refractivity contribution in [1.29, 1.82) is 0 Å². The maximum absolute atomic E-state index is 12.3. The van der Waals surface area contributed by atoms with Crippen LogP contribution in [0.25, 0.3) is 11.0 Å². The van der Waals surface area contributed by atoms with Crippen LogP contribution in [0.1, 0.15) is 52.9 Å². The lowest BCUT2D eigenvalue weighted by Crippen LogP contribution is -2.37. The van der Waals surface area contributed by atoms with Crippen molar-refractivity contribution in [2.75, 3.05) is 6.54 Å². The quantitative estimate of drug-likeness (QED) is 0.736. The van der Waals surface area contributed by atoms with E-state index in [0.29, 0.717) is 0 Å². The van der Waals surface area contributed by atoms with Gasteiger partial charge in [-0.1, -0.05) is 26.0 Å². The minimum atomic E-state index is -0.559. The molecule has 0 saturated carbocycles. The van der Waals surface area contributed by atoms with Crippen LogP contribution in [-0.2, 0) is 9.53 Å². The fourth-order valence-electron chi connectivity index (χ4n) is 2.51. The molecule has 1 heterocycles. The highest BCUT2D eigenvalue weighted by Crippen LogP contribution is 2.22. The van der Waals surface area contributed by atoms with Crippen LogP contribution >= 0.6 is 0 Å². The maximum Gasteiger partial charge on any atom is 0.407 e. The van der Waals surface area contributed by atoms with Gasteiger partial charge in [-0.15, -0.1) is 0 Å². The fraction of sp³-hybridized carbons (Fsp3) is 0.526. The summed E-state index contributed by atoms with van der Waals surface area (Å²) in [6.45, 7) is 9.64. The van der Waals surface area contributed by atoms with Gasteiger partial charge >= 0.3 is 6.09 Å². The third kappa shape index (κ3) is 5.75. The van der Waals surface area contributed by atoms with E-state index in [1.165, 1.54) is 0 Å². The van der Waals surface area contributed by atoms with Gasteiger partial charge in [0.25, 0.3) is 0 Å². The Morgan fingerprint density at radius 1 is 1.23 bits per heavy atom. The van der Waals surface area contributed by atoms with E-state index in [2.05, 4.69) is 20.6 Å². The van der Waals surface area contributed by atoms with E-state index in [9.17, 15) is 9.59 Å². The molecule has 2 aromatic rings. The molecule has 1 aromatic heterocycles. The summed E-state index contributed by atoms with van der Waals surface area (Å²) in [5.74, 6) is 0.744. The van der Waals surface area contributed by atoms with E-state index >= 15 is 0 Å². The third-order valence-electron chi connectivity index (χ3n) is 3.71. The molecular weight excluding hydrogens is 332 g/mol. The Bertz CT molecular complexity index is 728. The number of rotatable bonds is 6. The first-order valence-corrected chi connectivity index (χ1v) is 8.86. The standard InChI is InChI=1S/C19H28N4O3/c1-12(2)16(17-21-13-8-6-7-9-14(13)22-17)23-15(24)10-11-20-18(25)26-19(3,4)5/h6-9,12,16H,10-11H2,1-5H3,(H,20,25)(H,21,22)(H,23,24)/t16-/m0/s1. The molecule has 7 heteroatoms. The van der Waals surface area contributed by atoms with Crippen molar-refractivity contribution < 1.29 is 14.3 Å². The zero-order valence-electron chi connectivity index (χ0n) is 16.1. The molecule has 7 nitrogen and oxygen atoms in total. The smallest absolute Gasteiger partial charge is 0.407 e. The van der Waals surface area contributed by atoms with E-state index in [-0.39, 0.29) is 30.8 Å². The molecule has 2 rings (SSSR count). The number of amides is 2. The van der Waals surface area contributed by atoms with Gasteiger partial charge in [0.1, 0.15) is 11.4 Å². The zero-order chi connectivity index (χ0) is 19.3. The second kappa shape index (κ2) is 8.21. The van der Waals surface area contributed by atoms with Gasteiger partial charge in [0.05, 0.1) is 17.1 Å². The lowest BCUT2D eigenvalue weighted by Gasteiger charge is -2.21. The summed E-state index contributed by atoms with van der Waals surface area (Å²) in [5, 5.41) is 5.58. The Kier molecular flexibility index (Phi) is 6.23. The lowest BCUT2D eigenvalue weighted by molar-refractivity contribution is -0.122. The number of ether oxygens (including phenoxy) is 1. The molecule has 0 bridgehead atoms. The summed E-state index contributed by atoms with van der Waals surface area (Å²) in [5.41, 5.74) is 1.25. The van der Waals surface area contributed by atoms with Gasteiger partial charge in [-0.05, 0) is 38.8 Å². The van der Waals surface area contributed by atoms with Crippen LogP contribution in [0.5, 0.6) is 0 Å². The Morgan fingerprint density at radius 3 is 2.54 bits per heavy atom. The number of hydrogen-bond donors (Lipinski definition) is 3.